The Morgan fingerprint density at radius 1 is 1.00 bits per heavy atom. The fourth-order valence-corrected chi connectivity index (χ4v) is 1.40. The van der Waals surface area contributed by atoms with Gasteiger partial charge in [0.25, 0.3) is 0 Å². The molecule has 0 saturated heterocycles. The van der Waals surface area contributed by atoms with Gasteiger partial charge in [0.15, 0.2) is 6.29 Å². The van der Waals surface area contributed by atoms with E-state index in [2.05, 4.69) is 5.73 Å². The number of benzene rings is 1. The second-order valence-corrected chi connectivity index (χ2v) is 3.46. The van der Waals surface area contributed by atoms with Gasteiger partial charge in [-0.25, -0.2) is 0 Å². The molecule has 0 unspecified atom stereocenters. The number of hydrogen-bond acceptors (Lipinski definition) is 2. The smallest absolute Gasteiger partial charge is 0.366 e. The Kier molecular flexibility index (Phi) is 3.60. The lowest BCUT2D eigenvalue weighted by atomic mass is 9.97. The van der Waals surface area contributed by atoms with Crippen molar-refractivity contribution in [2.45, 2.75) is 12.4 Å². The predicted molar refractivity (Wildman–Crippen MR) is 50.4 cm³/mol. The van der Waals surface area contributed by atoms with Gasteiger partial charge in [-0.05, 0) is 12.1 Å². The van der Waals surface area contributed by atoms with Crippen LogP contribution in [0, 0.1) is 0 Å². The molecule has 0 aliphatic carbocycles. The van der Waals surface area contributed by atoms with Gasteiger partial charge in [-0.1, -0.05) is 0 Å². The second kappa shape index (κ2) is 4.56. The number of rotatable bonds is 2. The molecule has 19 heavy (non-hydrogen) atoms. The second-order valence-electron chi connectivity index (χ2n) is 3.46. The molecule has 0 saturated carbocycles. The van der Waals surface area contributed by atoms with E-state index < -0.39 is 40.5 Å². The first-order valence-electron chi connectivity index (χ1n) is 4.56. The van der Waals surface area contributed by atoms with Gasteiger partial charge in [-0.3, -0.25) is 9.59 Å². The van der Waals surface area contributed by atoms with Crippen LogP contribution in [0.3, 0.4) is 0 Å². The van der Waals surface area contributed by atoms with Gasteiger partial charge in [-0.15, -0.1) is 0 Å². The lowest BCUT2D eigenvalue weighted by Gasteiger charge is -2.15. The van der Waals surface area contributed by atoms with E-state index in [1.807, 2.05) is 0 Å². The molecule has 0 heterocycles. The van der Waals surface area contributed by atoms with Crippen LogP contribution < -0.4 is 5.73 Å². The highest BCUT2D eigenvalue weighted by molar-refractivity contribution is 5.96. The monoisotopic (exact) mass is 285 g/mol. The molecule has 0 radical (unpaired) electrons. The summed E-state index contributed by atoms with van der Waals surface area (Å²) in [6, 6.07) is -0.120. The van der Waals surface area contributed by atoms with E-state index in [0.29, 0.717) is 0 Å². The average Bonchev–Trinajstić information content (AvgIpc) is 2.24. The summed E-state index contributed by atoms with van der Waals surface area (Å²) in [4.78, 5) is 21.3. The molecule has 104 valence electrons. The van der Waals surface area contributed by atoms with Crippen LogP contribution in [0.4, 0.5) is 26.3 Å². The zero-order valence-electron chi connectivity index (χ0n) is 8.89. The molecule has 0 spiro atoms. The summed E-state index contributed by atoms with van der Waals surface area (Å²) >= 11 is 0. The van der Waals surface area contributed by atoms with Crippen molar-refractivity contribution >= 4 is 12.2 Å². The summed E-state index contributed by atoms with van der Waals surface area (Å²) in [7, 11) is 0. The first kappa shape index (κ1) is 15.0. The number of carbonyl (C=O) groups is 2. The van der Waals surface area contributed by atoms with Crippen molar-refractivity contribution in [1.82, 2.24) is 0 Å². The van der Waals surface area contributed by atoms with Gasteiger partial charge in [0.05, 0.1) is 16.7 Å². The van der Waals surface area contributed by atoms with Crippen molar-refractivity contribution in [2.24, 2.45) is 5.73 Å². The maximum absolute atomic E-state index is 12.5. The molecule has 0 aliphatic rings. The van der Waals surface area contributed by atoms with Crippen LogP contribution in [0.5, 0.6) is 0 Å². The minimum absolute atomic E-state index is 0.0457. The van der Waals surface area contributed by atoms with Gasteiger partial charge in [0.2, 0.25) is 5.91 Å². The number of halogens is 6. The zero-order chi connectivity index (χ0) is 15.0. The van der Waals surface area contributed by atoms with Crippen LogP contribution in [0.1, 0.15) is 31.8 Å². The third-order valence-corrected chi connectivity index (χ3v) is 2.19. The zero-order valence-corrected chi connectivity index (χ0v) is 8.89. The lowest BCUT2D eigenvalue weighted by Crippen LogP contribution is -2.22. The van der Waals surface area contributed by atoms with Crippen LogP contribution in [-0.4, -0.2) is 12.2 Å². The summed E-state index contributed by atoms with van der Waals surface area (Å²) in [6.07, 6.45) is -10.6. The minimum Gasteiger partial charge on any atom is -0.366 e. The van der Waals surface area contributed by atoms with E-state index in [-0.39, 0.29) is 18.4 Å². The van der Waals surface area contributed by atoms with Crippen LogP contribution in [0.25, 0.3) is 0 Å². The van der Waals surface area contributed by atoms with Crippen molar-refractivity contribution in [3.05, 3.63) is 34.4 Å². The number of hydrogen-bond donors (Lipinski definition) is 1. The number of primary amides is 1. The van der Waals surface area contributed by atoms with Crippen LogP contribution in [0.15, 0.2) is 12.1 Å². The van der Waals surface area contributed by atoms with Gasteiger partial charge in [0, 0.05) is 5.56 Å². The summed E-state index contributed by atoms with van der Waals surface area (Å²) in [5, 5.41) is 0. The molecule has 1 amide bonds. The van der Waals surface area contributed by atoms with Crippen molar-refractivity contribution in [1.29, 1.82) is 0 Å². The minimum atomic E-state index is -5.10. The largest absolute Gasteiger partial charge is 0.417 e. The molecule has 0 bridgehead atoms. The highest BCUT2D eigenvalue weighted by Gasteiger charge is 2.40. The predicted octanol–water partition coefficient (Wildman–Crippen LogP) is 2.64. The summed E-state index contributed by atoms with van der Waals surface area (Å²) in [5.41, 5.74) is -1.27. The normalized spacial score (nSPS) is 12.3. The Balaban J connectivity index is 3.71. The molecule has 1 aromatic rings. The van der Waals surface area contributed by atoms with Gasteiger partial charge in [-0.2, -0.15) is 26.3 Å². The van der Waals surface area contributed by atoms with Gasteiger partial charge < -0.3 is 5.73 Å². The van der Waals surface area contributed by atoms with Gasteiger partial charge >= 0.3 is 12.4 Å². The molecule has 0 aliphatic heterocycles. The fourth-order valence-electron chi connectivity index (χ4n) is 1.40. The number of alkyl halides is 6. The Morgan fingerprint density at radius 3 is 1.79 bits per heavy atom. The van der Waals surface area contributed by atoms with E-state index in [0.717, 1.165) is 0 Å². The van der Waals surface area contributed by atoms with E-state index in [9.17, 15) is 35.9 Å². The van der Waals surface area contributed by atoms with Crippen molar-refractivity contribution in [3.8, 4) is 0 Å². The standard InChI is InChI=1S/C10H5F6NO2/c11-9(12,13)6-2-5(8(17)19)7(10(14,15)16)1-4(6)3-18/h1-3H,(H2,17,19). The van der Waals surface area contributed by atoms with Crippen LogP contribution in [0.2, 0.25) is 0 Å². The first-order valence-corrected chi connectivity index (χ1v) is 4.56. The third kappa shape index (κ3) is 3.04. The molecule has 1 rings (SSSR count). The van der Waals surface area contributed by atoms with Crippen molar-refractivity contribution in [2.75, 3.05) is 0 Å². The van der Waals surface area contributed by atoms with Crippen LogP contribution in [-0.2, 0) is 12.4 Å². The molecule has 0 atom stereocenters. The molecular weight excluding hydrogens is 280 g/mol. The molecule has 9 heteroatoms. The lowest BCUT2D eigenvalue weighted by molar-refractivity contribution is -0.141. The Morgan fingerprint density at radius 2 is 1.47 bits per heavy atom. The third-order valence-electron chi connectivity index (χ3n) is 2.19. The maximum Gasteiger partial charge on any atom is 0.417 e. The highest BCUT2D eigenvalue weighted by Crippen LogP contribution is 2.38. The maximum atomic E-state index is 12.5. The summed E-state index contributed by atoms with van der Waals surface area (Å²) < 4.78 is 75.2. The Bertz CT molecular complexity index is 532. The van der Waals surface area contributed by atoms with E-state index in [1.54, 1.807) is 0 Å². The summed E-state index contributed by atoms with van der Waals surface area (Å²) in [5.74, 6) is -1.67. The summed E-state index contributed by atoms with van der Waals surface area (Å²) in [6.45, 7) is 0. The molecular formula is C10H5F6NO2. The highest BCUT2D eigenvalue weighted by atomic mass is 19.4. The number of carbonyl (C=O) groups excluding carboxylic acids is 2. The topological polar surface area (TPSA) is 60.2 Å². The fraction of sp³-hybridized carbons (Fsp3) is 0.200. The molecule has 0 fully saturated rings. The molecule has 2 N–H and O–H groups in total. The van der Waals surface area contributed by atoms with Crippen LogP contribution >= 0.6 is 0 Å². The van der Waals surface area contributed by atoms with E-state index >= 15 is 0 Å². The number of aldehydes is 1. The quantitative estimate of drug-likeness (QED) is 0.670. The van der Waals surface area contributed by atoms with Crippen molar-refractivity contribution < 1.29 is 35.9 Å². The first-order chi connectivity index (χ1) is 8.48. The van der Waals surface area contributed by atoms with Gasteiger partial charge in [0.1, 0.15) is 0 Å². The number of amides is 1. The molecule has 3 nitrogen and oxygen atoms in total. The molecule has 0 aromatic heterocycles. The molecule has 1 aromatic carbocycles. The van der Waals surface area contributed by atoms with Crippen molar-refractivity contribution in [3.63, 3.8) is 0 Å². The Hall–Kier alpha value is -2.06. The Labute approximate surface area is 102 Å². The number of nitrogens with two attached hydrogens (primary N) is 1. The van der Waals surface area contributed by atoms with E-state index in [4.69, 9.17) is 0 Å². The SMILES string of the molecule is NC(=O)c1cc(C(F)(F)F)c(C=O)cc1C(F)(F)F. The van der Waals surface area contributed by atoms with E-state index in [1.165, 1.54) is 0 Å². The average molecular weight is 285 g/mol.